The molecule has 3 nitrogen and oxygen atoms in total. The van der Waals surface area contributed by atoms with Gasteiger partial charge in [0.1, 0.15) is 5.82 Å². The summed E-state index contributed by atoms with van der Waals surface area (Å²) in [5.74, 6) is -0.590. The molecule has 0 N–H and O–H groups in total. The van der Waals surface area contributed by atoms with Crippen molar-refractivity contribution >= 4 is 5.78 Å². The molecular weight excluding hydrogens is 257 g/mol. The van der Waals surface area contributed by atoms with Crippen LogP contribution in [-0.4, -0.2) is 43.0 Å². The van der Waals surface area contributed by atoms with Gasteiger partial charge in [-0.15, -0.1) is 0 Å². The highest BCUT2D eigenvalue weighted by atomic mass is 19.1. The minimum Gasteiger partial charge on any atom is -0.377 e. The van der Waals surface area contributed by atoms with Crippen molar-refractivity contribution in [3.8, 4) is 0 Å². The summed E-state index contributed by atoms with van der Waals surface area (Å²) in [6, 6.07) is 6.17. The van der Waals surface area contributed by atoms with Gasteiger partial charge < -0.3 is 4.74 Å². The summed E-state index contributed by atoms with van der Waals surface area (Å²) < 4.78 is 19.3. The van der Waals surface area contributed by atoms with Gasteiger partial charge in [-0.1, -0.05) is 19.1 Å². The Bertz CT molecular complexity index is 450. The van der Waals surface area contributed by atoms with E-state index in [9.17, 15) is 9.18 Å². The summed E-state index contributed by atoms with van der Waals surface area (Å²) in [4.78, 5) is 14.2. The van der Waals surface area contributed by atoms with E-state index < -0.39 is 5.82 Å². The third-order valence-electron chi connectivity index (χ3n) is 3.56. The van der Waals surface area contributed by atoms with Gasteiger partial charge in [-0.25, -0.2) is 4.39 Å². The lowest BCUT2D eigenvalue weighted by molar-refractivity contribution is 0.00128. The molecule has 0 bridgehead atoms. The van der Waals surface area contributed by atoms with E-state index in [0.717, 1.165) is 39.0 Å². The zero-order valence-corrected chi connectivity index (χ0v) is 12.0. The third-order valence-corrected chi connectivity index (χ3v) is 3.56. The van der Waals surface area contributed by atoms with Gasteiger partial charge in [0.2, 0.25) is 0 Å². The van der Waals surface area contributed by atoms with Crippen molar-refractivity contribution in [2.24, 2.45) is 0 Å². The van der Waals surface area contributed by atoms with Crippen molar-refractivity contribution in [2.45, 2.75) is 32.3 Å². The molecule has 0 saturated carbocycles. The fourth-order valence-electron chi connectivity index (χ4n) is 2.55. The molecule has 0 amide bonds. The second-order valence-electron chi connectivity index (χ2n) is 5.27. The van der Waals surface area contributed by atoms with Crippen LogP contribution in [0, 0.1) is 5.82 Å². The number of ketones is 1. The standard InChI is InChI=1S/C16H22FNO2/c1-2-10-20-13-6-5-9-18(11-13)12-16(19)14-7-3-4-8-15(14)17/h3-4,7-8,13H,2,5-6,9-12H2,1H3. The molecular formula is C16H22FNO2. The van der Waals surface area contributed by atoms with E-state index in [4.69, 9.17) is 4.74 Å². The number of Topliss-reactive ketones (excluding diaryl/α,β-unsaturated/α-hetero) is 1. The molecule has 4 heteroatoms. The maximum absolute atomic E-state index is 13.6. The number of benzene rings is 1. The minimum atomic E-state index is -0.437. The Morgan fingerprint density at radius 3 is 3.00 bits per heavy atom. The molecule has 2 rings (SSSR count). The first-order valence-corrected chi connectivity index (χ1v) is 7.32. The first-order valence-electron chi connectivity index (χ1n) is 7.32. The van der Waals surface area contributed by atoms with Crippen LogP contribution in [0.5, 0.6) is 0 Å². The summed E-state index contributed by atoms with van der Waals surface area (Å²) in [5.41, 5.74) is 0.184. The predicted octanol–water partition coefficient (Wildman–Crippen LogP) is 2.90. The van der Waals surface area contributed by atoms with Crippen LogP contribution in [0.3, 0.4) is 0 Å². The number of carbonyl (C=O) groups excluding carboxylic acids is 1. The summed E-state index contributed by atoms with van der Waals surface area (Å²) in [7, 11) is 0. The van der Waals surface area contributed by atoms with Crippen LogP contribution in [0.4, 0.5) is 4.39 Å². The van der Waals surface area contributed by atoms with E-state index in [0.29, 0.717) is 0 Å². The summed E-state index contributed by atoms with van der Waals surface area (Å²) in [6.45, 7) is 4.77. The van der Waals surface area contributed by atoms with Crippen LogP contribution < -0.4 is 0 Å². The zero-order valence-electron chi connectivity index (χ0n) is 12.0. The van der Waals surface area contributed by atoms with Crippen molar-refractivity contribution < 1.29 is 13.9 Å². The smallest absolute Gasteiger partial charge is 0.179 e. The van der Waals surface area contributed by atoms with Crippen LogP contribution >= 0.6 is 0 Å². The Kier molecular flexibility index (Phi) is 5.68. The maximum Gasteiger partial charge on any atom is 0.179 e. The SMILES string of the molecule is CCCOC1CCCN(CC(=O)c2ccccc2F)C1. The van der Waals surface area contributed by atoms with Crippen LogP contribution in [0.25, 0.3) is 0 Å². The molecule has 0 aliphatic carbocycles. The van der Waals surface area contributed by atoms with Crippen LogP contribution in [0.15, 0.2) is 24.3 Å². The summed E-state index contributed by atoms with van der Waals surface area (Å²) >= 11 is 0. The fraction of sp³-hybridized carbons (Fsp3) is 0.562. The molecule has 1 aliphatic rings. The Labute approximate surface area is 119 Å². The van der Waals surface area contributed by atoms with E-state index in [2.05, 4.69) is 11.8 Å². The predicted molar refractivity (Wildman–Crippen MR) is 76.4 cm³/mol. The number of hydrogen-bond acceptors (Lipinski definition) is 3. The second kappa shape index (κ2) is 7.50. The lowest BCUT2D eigenvalue weighted by Crippen LogP contribution is -2.42. The van der Waals surface area contributed by atoms with E-state index >= 15 is 0 Å². The summed E-state index contributed by atoms with van der Waals surface area (Å²) in [6.07, 6.45) is 3.28. The molecule has 0 radical (unpaired) electrons. The Morgan fingerprint density at radius 1 is 1.45 bits per heavy atom. The highest BCUT2D eigenvalue weighted by Gasteiger charge is 2.23. The van der Waals surface area contributed by atoms with Crippen molar-refractivity contribution in [1.82, 2.24) is 4.90 Å². The van der Waals surface area contributed by atoms with Gasteiger partial charge in [-0.2, -0.15) is 0 Å². The first kappa shape index (κ1) is 15.1. The van der Waals surface area contributed by atoms with Crippen molar-refractivity contribution in [3.05, 3.63) is 35.6 Å². The van der Waals surface area contributed by atoms with Crippen molar-refractivity contribution in [1.29, 1.82) is 0 Å². The molecule has 1 unspecified atom stereocenters. The number of piperidine rings is 1. The monoisotopic (exact) mass is 279 g/mol. The summed E-state index contributed by atoms with van der Waals surface area (Å²) in [5, 5.41) is 0. The molecule has 1 aliphatic heterocycles. The van der Waals surface area contributed by atoms with Gasteiger partial charge in [-0.05, 0) is 37.9 Å². The Balaban J connectivity index is 1.89. The molecule has 1 atom stereocenters. The zero-order chi connectivity index (χ0) is 14.4. The minimum absolute atomic E-state index is 0.153. The van der Waals surface area contributed by atoms with E-state index in [-0.39, 0.29) is 24.0 Å². The maximum atomic E-state index is 13.6. The van der Waals surface area contributed by atoms with E-state index in [1.54, 1.807) is 18.2 Å². The topological polar surface area (TPSA) is 29.5 Å². The van der Waals surface area contributed by atoms with Gasteiger partial charge >= 0.3 is 0 Å². The largest absolute Gasteiger partial charge is 0.377 e. The molecule has 110 valence electrons. The van der Waals surface area contributed by atoms with Gasteiger partial charge in [0.05, 0.1) is 18.2 Å². The van der Waals surface area contributed by atoms with Crippen molar-refractivity contribution in [2.75, 3.05) is 26.2 Å². The van der Waals surface area contributed by atoms with Gasteiger partial charge in [-0.3, -0.25) is 9.69 Å². The highest BCUT2D eigenvalue weighted by Crippen LogP contribution is 2.15. The number of nitrogens with zero attached hydrogens (tertiary/aromatic N) is 1. The number of rotatable bonds is 6. The lowest BCUT2D eigenvalue weighted by atomic mass is 10.1. The van der Waals surface area contributed by atoms with Crippen LogP contribution in [0.2, 0.25) is 0 Å². The Morgan fingerprint density at radius 2 is 2.25 bits per heavy atom. The molecule has 1 aromatic rings. The highest BCUT2D eigenvalue weighted by molar-refractivity contribution is 5.97. The number of halogens is 1. The van der Waals surface area contributed by atoms with Gasteiger partial charge in [0, 0.05) is 13.2 Å². The number of carbonyl (C=O) groups is 1. The fourth-order valence-corrected chi connectivity index (χ4v) is 2.55. The van der Waals surface area contributed by atoms with Gasteiger partial charge in [0.15, 0.2) is 5.78 Å². The van der Waals surface area contributed by atoms with Crippen LogP contribution in [0.1, 0.15) is 36.5 Å². The van der Waals surface area contributed by atoms with Crippen molar-refractivity contribution in [3.63, 3.8) is 0 Å². The quantitative estimate of drug-likeness (QED) is 0.750. The average Bonchev–Trinajstić information content (AvgIpc) is 2.46. The number of ether oxygens (including phenoxy) is 1. The first-order chi connectivity index (χ1) is 9.70. The molecule has 0 spiro atoms. The lowest BCUT2D eigenvalue weighted by Gasteiger charge is -2.32. The Hall–Kier alpha value is -1.26. The molecule has 1 saturated heterocycles. The number of hydrogen-bond donors (Lipinski definition) is 0. The molecule has 20 heavy (non-hydrogen) atoms. The molecule has 1 aromatic carbocycles. The van der Waals surface area contributed by atoms with E-state index in [1.165, 1.54) is 6.07 Å². The van der Waals surface area contributed by atoms with E-state index in [1.807, 2.05) is 0 Å². The third kappa shape index (κ3) is 4.12. The normalized spacial score (nSPS) is 20.0. The number of likely N-dealkylation sites (tertiary alicyclic amines) is 1. The van der Waals surface area contributed by atoms with Crippen LogP contribution in [-0.2, 0) is 4.74 Å². The second-order valence-corrected chi connectivity index (χ2v) is 5.27. The average molecular weight is 279 g/mol. The molecule has 1 heterocycles. The molecule has 0 aromatic heterocycles. The van der Waals surface area contributed by atoms with Gasteiger partial charge in [0.25, 0.3) is 0 Å². The molecule has 1 fully saturated rings.